The van der Waals surface area contributed by atoms with Crippen LogP contribution in [0.2, 0.25) is 0 Å². The zero-order valence-electron chi connectivity index (χ0n) is 9.26. The minimum atomic E-state index is 0.289. The van der Waals surface area contributed by atoms with Gasteiger partial charge in [-0.2, -0.15) is 0 Å². The highest BCUT2D eigenvalue weighted by Gasteiger charge is 2.20. The van der Waals surface area contributed by atoms with Crippen molar-refractivity contribution in [1.82, 2.24) is 0 Å². The number of fused-ring (bicyclic) bond motifs is 1. The van der Waals surface area contributed by atoms with Gasteiger partial charge in [0.25, 0.3) is 0 Å². The SMILES string of the molecule is CCC(C)(C)c1ccc2c(c1)COC2. The Balaban J connectivity index is 2.38. The summed E-state index contributed by atoms with van der Waals surface area (Å²) in [5.41, 5.74) is 4.46. The summed E-state index contributed by atoms with van der Waals surface area (Å²) < 4.78 is 5.42. The summed E-state index contributed by atoms with van der Waals surface area (Å²) in [6.07, 6.45) is 1.17. The van der Waals surface area contributed by atoms with Gasteiger partial charge in [-0.3, -0.25) is 0 Å². The Hall–Kier alpha value is -0.820. The van der Waals surface area contributed by atoms with E-state index < -0.39 is 0 Å². The molecule has 0 unspecified atom stereocenters. The quantitative estimate of drug-likeness (QED) is 0.694. The number of hydrogen-bond acceptors (Lipinski definition) is 1. The van der Waals surface area contributed by atoms with E-state index in [4.69, 9.17) is 4.74 Å². The van der Waals surface area contributed by atoms with Crippen molar-refractivity contribution in [1.29, 1.82) is 0 Å². The van der Waals surface area contributed by atoms with Gasteiger partial charge in [-0.25, -0.2) is 0 Å². The van der Waals surface area contributed by atoms with Crippen molar-refractivity contribution in [3.63, 3.8) is 0 Å². The molecular formula is C13H18O. The zero-order valence-corrected chi connectivity index (χ0v) is 9.26. The molecule has 1 aliphatic heterocycles. The molecule has 0 fully saturated rings. The molecule has 1 heterocycles. The molecule has 76 valence electrons. The molecule has 2 rings (SSSR count). The molecule has 0 spiro atoms. The molecular weight excluding hydrogens is 172 g/mol. The van der Waals surface area contributed by atoms with Gasteiger partial charge in [-0.1, -0.05) is 39.0 Å². The van der Waals surface area contributed by atoms with E-state index >= 15 is 0 Å². The van der Waals surface area contributed by atoms with Crippen molar-refractivity contribution < 1.29 is 4.74 Å². The summed E-state index contributed by atoms with van der Waals surface area (Å²) in [5.74, 6) is 0. The van der Waals surface area contributed by atoms with Crippen LogP contribution in [0.3, 0.4) is 0 Å². The average molecular weight is 190 g/mol. The van der Waals surface area contributed by atoms with Crippen LogP contribution in [0, 0.1) is 0 Å². The lowest BCUT2D eigenvalue weighted by Gasteiger charge is -2.23. The third-order valence-corrected chi connectivity index (χ3v) is 3.39. The minimum absolute atomic E-state index is 0.289. The molecule has 0 amide bonds. The first-order valence-corrected chi connectivity index (χ1v) is 5.33. The molecule has 0 aliphatic carbocycles. The van der Waals surface area contributed by atoms with Crippen molar-refractivity contribution in [3.8, 4) is 0 Å². The molecule has 1 nitrogen and oxygen atoms in total. The molecule has 0 saturated heterocycles. The molecule has 1 aromatic rings. The third-order valence-electron chi connectivity index (χ3n) is 3.39. The van der Waals surface area contributed by atoms with Crippen molar-refractivity contribution in [2.24, 2.45) is 0 Å². The summed E-state index contributed by atoms with van der Waals surface area (Å²) in [6, 6.07) is 6.78. The van der Waals surface area contributed by atoms with Crippen LogP contribution in [0.1, 0.15) is 43.9 Å². The second-order valence-corrected chi connectivity index (χ2v) is 4.71. The monoisotopic (exact) mass is 190 g/mol. The van der Waals surface area contributed by atoms with Crippen molar-refractivity contribution in [3.05, 3.63) is 34.9 Å². The first kappa shape index (κ1) is 9.72. The molecule has 0 radical (unpaired) electrons. The maximum absolute atomic E-state index is 5.42. The Bertz CT molecular complexity index is 339. The fourth-order valence-corrected chi connectivity index (χ4v) is 1.80. The van der Waals surface area contributed by atoms with Crippen LogP contribution >= 0.6 is 0 Å². The second kappa shape index (κ2) is 3.39. The lowest BCUT2D eigenvalue weighted by atomic mass is 9.81. The fourth-order valence-electron chi connectivity index (χ4n) is 1.80. The predicted molar refractivity (Wildman–Crippen MR) is 58.3 cm³/mol. The molecule has 1 aromatic carbocycles. The first-order chi connectivity index (χ1) is 6.63. The highest BCUT2D eigenvalue weighted by atomic mass is 16.5. The van der Waals surface area contributed by atoms with Crippen LogP contribution in [0.15, 0.2) is 18.2 Å². The Labute approximate surface area is 86.1 Å². The number of benzene rings is 1. The van der Waals surface area contributed by atoms with Crippen LogP contribution in [0.5, 0.6) is 0 Å². The van der Waals surface area contributed by atoms with Gasteiger partial charge >= 0.3 is 0 Å². The Morgan fingerprint density at radius 3 is 2.64 bits per heavy atom. The van der Waals surface area contributed by atoms with Crippen LogP contribution in [0.25, 0.3) is 0 Å². The Morgan fingerprint density at radius 1 is 1.21 bits per heavy atom. The Kier molecular flexibility index (Phi) is 2.36. The standard InChI is InChI=1S/C13H18O/c1-4-13(2,3)12-6-5-10-8-14-9-11(10)7-12/h5-7H,4,8-9H2,1-3H3. The smallest absolute Gasteiger partial charge is 0.0725 e. The van der Waals surface area contributed by atoms with E-state index in [1.807, 2.05) is 0 Å². The molecule has 0 N–H and O–H groups in total. The molecule has 14 heavy (non-hydrogen) atoms. The van der Waals surface area contributed by atoms with E-state index in [0.717, 1.165) is 13.2 Å². The lowest BCUT2D eigenvalue weighted by molar-refractivity contribution is 0.134. The molecule has 0 aromatic heterocycles. The van der Waals surface area contributed by atoms with E-state index in [0.29, 0.717) is 0 Å². The maximum atomic E-state index is 5.42. The zero-order chi connectivity index (χ0) is 10.2. The maximum Gasteiger partial charge on any atom is 0.0725 e. The van der Waals surface area contributed by atoms with Crippen LogP contribution in [-0.2, 0) is 23.4 Å². The molecule has 0 atom stereocenters. The molecule has 0 saturated carbocycles. The van der Waals surface area contributed by atoms with Gasteiger partial charge < -0.3 is 4.74 Å². The van der Waals surface area contributed by atoms with Crippen LogP contribution in [-0.4, -0.2) is 0 Å². The van der Waals surface area contributed by atoms with Gasteiger partial charge in [0, 0.05) is 0 Å². The highest BCUT2D eigenvalue weighted by molar-refractivity contribution is 5.36. The summed E-state index contributed by atoms with van der Waals surface area (Å²) >= 11 is 0. The number of rotatable bonds is 2. The molecule has 1 heteroatoms. The summed E-state index contributed by atoms with van der Waals surface area (Å²) in [4.78, 5) is 0. The topological polar surface area (TPSA) is 9.23 Å². The van der Waals surface area contributed by atoms with Gasteiger partial charge in [-0.05, 0) is 28.5 Å². The van der Waals surface area contributed by atoms with Gasteiger partial charge in [0.05, 0.1) is 13.2 Å². The van der Waals surface area contributed by atoms with Crippen LogP contribution in [0.4, 0.5) is 0 Å². The highest BCUT2D eigenvalue weighted by Crippen LogP contribution is 2.30. The van der Waals surface area contributed by atoms with Gasteiger partial charge in [0.15, 0.2) is 0 Å². The normalized spacial score (nSPS) is 15.6. The third kappa shape index (κ3) is 1.57. The summed E-state index contributed by atoms with van der Waals surface area (Å²) in [7, 11) is 0. The number of hydrogen-bond donors (Lipinski definition) is 0. The van der Waals surface area contributed by atoms with E-state index in [9.17, 15) is 0 Å². The van der Waals surface area contributed by atoms with E-state index in [1.54, 1.807) is 0 Å². The van der Waals surface area contributed by atoms with Crippen molar-refractivity contribution in [2.45, 2.75) is 45.8 Å². The van der Waals surface area contributed by atoms with Gasteiger partial charge in [-0.15, -0.1) is 0 Å². The van der Waals surface area contributed by atoms with Crippen molar-refractivity contribution >= 4 is 0 Å². The summed E-state index contributed by atoms with van der Waals surface area (Å²) in [5, 5.41) is 0. The van der Waals surface area contributed by atoms with E-state index in [1.165, 1.54) is 23.1 Å². The Morgan fingerprint density at radius 2 is 1.93 bits per heavy atom. The number of ether oxygens (including phenoxy) is 1. The molecule has 0 bridgehead atoms. The van der Waals surface area contributed by atoms with Crippen LogP contribution < -0.4 is 0 Å². The van der Waals surface area contributed by atoms with Gasteiger partial charge in [0.1, 0.15) is 0 Å². The minimum Gasteiger partial charge on any atom is -0.372 e. The average Bonchev–Trinajstić information content (AvgIpc) is 2.64. The predicted octanol–water partition coefficient (Wildman–Crippen LogP) is 3.40. The van der Waals surface area contributed by atoms with Gasteiger partial charge in [0.2, 0.25) is 0 Å². The first-order valence-electron chi connectivity index (χ1n) is 5.33. The fraction of sp³-hybridized carbons (Fsp3) is 0.538. The molecule has 1 aliphatic rings. The summed E-state index contributed by atoms with van der Waals surface area (Å²) in [6.45, 7) is 8.42. The largest absolute Gasteiger partial charge is 0.372 e. The van der Waals surface area contributed by atoms with Crippen molar-refractivity contribution in [2.75, 3.05) is 0 Å². The van der Waals surface area contributed by atoms with E-state index in [-0.39, 0.29) is 5.41 Å². The second-order valence-electron chi connectivity index (χ2n) is 4.71. The lowest BCUT2D eigenvalue weighted by Crippen LogP contribution is -2.15. The van der Waals surface area contributed by atoms with E-state index in [2.05, 4.69) is 39.0 Å².